The van der Waals surface area contributed by atoms with Gasteiger partial charge in [0, 0.05) is 10.7 Å². The van der Waals surface area contributed by atoms with Gasteiger partial charge in [0.2, 0.25) is 0 Å². The van der Waals surface area contributed by atoms with E-state index >= 15 is 0 Å². The zero-order valence-corrected chi connectivity index (χ0v) is 14.0. The normalized spacial score (nSPS) is 28.0. The number of benzene rings is 1. The highest BCUT2D eigenvalue weighted by molar-refractivity contribution is 8.13. The first-order chi connectivity index (χ1) is 9.84. The summed E-state index contributed by atoms with van der Waals surface area (Å²) in [7, 11) is 1.75. The molecule has 116 valence electrons. The number of rotatable bonds is 4. The Labute approximate surface area is 131 Å². The minimum Gasteiger partial charge on any atom is -0.493 e. The van der Waals surface area contributed by atoms with Crippen molar-refractivity contribution in [2.75, 3.05) is 6.61 Å². The topological polar surface area (TPSA) is 43.4 Å². The molecule has 1 aromatic rings. The second-order valence-electron chi connectivity index (χ2n) is 6.57. The Morgan fingerprint density at radius 1 is 1.19 bits per heavy atom. The molecule has 2 saturated carbocycles. The largest absolute Gasteiger partial charge is 0.493 e. The predicted molar refractivity (Wildman–Crippen MR) is 83.4 cm³/mol. The molecule has 0 heterocycles. The van der Waals surface area contributed by atoms with Crippen LogP contribution in [-0.2, 0) is 9.05 Å². The lowest BCUT2D eigenvalue weighted by Crippen LogP contribution is -2.18. The van der Waals surface area contributed by atoms with E-state index in [0.717, 1.165) is 29.8 Å². The summed E-state index contributed by atoms with van der Waals surface area (Å²) in [6.45, 7) is 4.36. The van der Waals surface area contributed by atoms with Gasteiger partial charge in [-0.15, -0.1) is 0 Å². The summed E-state index contributed by atoms with van der Waals surface area (Å²) in [4.78, 5) is 0.175. The Morgan fingerprint density at radius 3 is 2.52 bits per heavy atom. The third-order valence-corrected chi connectivity index (χ3v) is 6.54. The van der Waals surface area contributed by atoms with Gasteiger partial charge in [0.25, 0.3) is 9.05 Å². The molecule has 0 spiro atoms. The number of hydrogen-bond acceptors (Lipinski definition) is 3. The van der Waals surface area contributed by atoms with E-state index in [9.17, 15) is 8.42 Å². The van der Waals surface area contributed by atoms with Crippen LogP contribution in [0.25, 0.3) is 0 Å². The molecule has 5 heteroatoms. The Morgan fingerprint density at radius 2 is 1.95 bits per heavy atom. The summed E-state index contributed by atoms with van der Waals surface area (Å²) < 4.78 is 29.0. The van der Waals surface area contributed by atoms with Crippen LogP contribution in [0.2, 0.25) is 0 Å². The molecule has 1 aromatic carbocycles. The molecule has 0 radical (unpaired) electrons. The van der Waals surface area contributed by atoms with Crippen LogP contribution < -0.4 is 4.74 Å². The van der Waals surface area contributed by atoms with E-state index in [2.05, 4.69) is 0 Å². The van der Waals surface area contributed by atoms with Crippen LogP contribution in [-0.4, -0.2) is 15.0 Å². The van der Waals surface area contributed by atoms with E-state index in [4.69, 9.17) is 15.4 Å². The predicted octanol–water partition coefficient (Wildman–Crippen LogP) is 4.05. The van der Waals surface area contributed by atoms with Crippen LogP contribution in [0, 0.1) is 31.6 Å². The zero-order chi connectivity index (χ0) is 15.2. The highest BCUT2D eigenvalue weighted by atomic mass is 35.7. The van der Waals surface area contributed by atoms with Crippen molar-refractivity contribution in [2.24, 2.45) is 17.8 Å². The fourth-order valence-electron chi connectivity index (χ4n) is 3.96. The maximum Gasteiger partial charge on any atom is 0.261 e. The second kappa shape index (κ2) is 5.47. The Hall–Kier alpha value is -0.740. The van der Waals surface area contributed by atoms with Gasteiger partial charge < -0.3 is 4.74 Å². The van der Waals surface area contributed by atoms with Gasteiger partial charge in [0.15, 0.2) is 0 Å². The monoisotopic (exact) mass is 328 g/mol. The molecular formula is C16H21ClO3S. The standard InChI is InChI=1S/C16H21ClO3S/c1-10-6-16(21(17,18)19)11(2)5-15(10)20-9-14-8-12-3-4-13(14)7-12/h5-6,12-14H,3-4,7-9H2,1-2H3. The first-order valence-corrected chi connectivity index (χ1v) is 9.84. The Bertz CT molecular complexity index is 654. The van der Waals surface area contributed by atoms with Gasteiger partial charge >= 0.3 is 0 Å². The average Bonchev–Trinajstić information content (AvgIpc) is 3.00. The molecule has 3 nitrogen and oxygen atoms in total. The summed E-state index contributed by atoms with van der Waals surface area (Å²) in [5, 5.41) is 0. The molecule has 3 rings (SSSR count). The highest BCUT2D eigenvalue weighted by Gasteiger charge is 2.39. The van der Waals surface area contributed by atoms with E-state index < -0.39 is 9.05 Å². The van der Waals surface area contributed by atoms with E-state index in [1.807, 2.05) is 6.92 Å². The fraction of sp³-hybridized carbons (Fsp3) is 0.625. The van der Waals surface area contributed by atoms with Gasteiger partial charge in [-0.2, -0.15) is 0 Å². The van der Waals surface area contributed by atoms with E-state index in [1.165, 1.54) is 25.7 Å². The van der Waals surface area contributed by atoms with Crippen molar-refractivity contribution in [2.45, 2.75) is 44.4 Å². The van der Waals surface area contributed by atoms with Gasteiger partial charge in [-0.05, 0) is 74.1 Å². The van der Waals surface area contributed by atoms with Crippen LogP contribution >= 0.6 is 10.7 Å². The molecule has 2 bridgehead atoms. The molecule has 0 aromatic heterocycles. The first-order valence-electron chi connectivity index (χ1n) is 7.53. The number of halogens is 1. The van der Waals surface area contributed by atoms with Crippen LogP contribution in [0.15, 0.2) is 17.0 Å². The summed E-state index contributed by atoms with van der Waals surface area (Å²) >= 11 is 0. The van der Waals surface area contributed by atoms with Crippen molar-refractivity contribution < 1.29 is 13.2 Å². The minimum atomic E-state index is -3.69. The fourth-order valence-corrected chi connectivity index (χ4v) is 5.22. The van der Waals surface area contributed by atoms with Crippen molar-refractivity contribution in [3.8, 4) is 5.75 Å². The molecule has 3 atom stereocenters. The maximum absolute atomic E-state index is 11.5. The van der Waals surface area contributed by atoms with Crippen molar-refractivity contribution in [1.29, 1.82) is 0 Å². The lowest BCUT2D eigenvalue weighted by molar-refractivity contribution is 0.194. The zero-order valence-electron chi connectivity index (χ0n) is 12.4. The summed E-state index contributed by atoms with van der Waals surface area (Å²) in [6, 6.07) is 3.39. The van der Waals surface area contributed by atoms with Gasteiger partial charge in [-0.1, -0.05) is 6.42 Å². The Kier molecular flexibility index (Phi) is 3.95. The number of hydrogen-bond donors (Lipinski definition) is 0. The molecule has 2 aliphatic rings. The number of aryl methyl sites for hydroxylation is 2. The summed E-state index contributed by atoms with van der Waals surface area (Å²) in [6.07, 6.45) is 5.40. The Balaban J connectivity index is 1.73. The van der Waals surface area contributed by atoms with Gasteiger partial charge in [0.1, 0.15) is 5.75 Å². The third kappa shape index (κ3) is 3.07. The van der Waals surface area contributed by atoms with Gasteiger partial charge in [-0.3, -0.25) is 0 Å². The van der Waals surface area contributed by atoms with Crippen LogP contribution in [0.3, 0.4) is 0 Å². The molecule has 21 heavy (non-hydrogen) atoms. The van der Waals surface area contributed by atoms with Crippen molar-refractivity contribution >= 4 is 19.7 Å². The lowest BCUT2D eigenvalue weighted by atomic mass is 9.89. The van der Waals surface area contributed by atoms with E-state index in [0.29, 0.717) is 11.5 Å². The average molecular weight is 329 g/mol. The molecule has 2 fully saturated rings. The number of ether oxygens (including phenoxy) is 1. The van der Waals surface area contributed by atoms with Crippen molar-refractivity contribution in [3.63, 3.8) is 0 Å². The maximum atomic E-state index is 11.5. The summed E-state index contributed by atoms with van der Waals surface area (Å²) in [5.74, 6) is 3.19. The molecule has 2 aliphatic carbocycles. The third-order valence-electron chi connectivity index (χ3n) is 5.07. The highest BCUT2D eigenvalue weighted by Crippen LogP contribution is 2.48. The van der Waals surface area contributed by atoms with Crippen molar-refractivity contribution in [3.05, 3.63) is 23.3 Å². The van der Waals surface area contributed by atoms with Gasteiger partial charge in [0.05, 0.1) is 11.5 Å². The molecule has 0 amide bonds. The first kappa shape index (κ1) is 15.2. The smallest absolute Gasteiger partial charge is 0.261 e. The SMILES string of the molecule is Cc1cc(S(=O)(=O)Cl)c(C)cc1OCC1CC2CCC1C2. The van der Waals surface area contributed by atoms with Crippen LogP contribution in [0.1, 0.15) is 36.8 Å². The second-order valence-corrected chi connectivity index (χ2v) is 9.10. The van der Waals surface area contributed by atoms with Crippen molar-refractivity contribution in [1.82, 2.24) is 0 Å². The molecule has 3 unspecified atom stereocenters. The molecule has 0 N–H and O–H groups in total. The van der Waals surface area contributed by atoms with Crippen LogP contribution in [0.5, 0.6) is 5.75 Å². The van der Waals surface area contributed by atoms with E-state index in [1.54, 1.807) is 19.1 Å². The summed E-state index contributed by atoms with van der Waals surface area (Å²) in [5.41, 5.74) is 1.46. The van der Waals surface area contributed by atoms with Gasteiger partial charge in [-0.25, -0.2) is 8.42 Å². The minimum absolute atomic E-state index is 0.175. The van der Waals surface area contributed by atoms with Crippen LogP contribution in [0.4, 0.5) is 0 Å². The molecular weight excluding hydrogens is 308 g/mol. The molecule has 0 aliphatic heterocycles. The number of fused-ring (bicyclic) bond motifs is 2. The van der Waals surface area contributed by atoms with E-state index in [-0.39, 0.29) is 4.90 Å². The quantitative estimate of drug-likeness (QED) is 0.783. The molecule has 0 saturated heterocycles. The lowest BCUT2D eigenvalue weighted by Gasteiger charge is -2.22.